The van der Waals surface area contributed by atoms with Crippen LogP contribution in [-0.2, 0) is 28.4 Å². The van der Waals surface area contributed by atoms with Gasteiger partial charge in [-0.25, -0.2) is 23.7 Å². The third kappa shape index (κ3) is 6.53. The molecule has 250 valence electrons. The second kappa shape index (κ2) is 13.6. The van der Waals surface area contributed by atoms with Gasteiger partial charge in [0, 0.05) is 41.6 Å². The molecule has 0 spiro atoms. The molecule has 0 aliphatic carbocycles. The van der Waals surface area contributed by atoms with Gasteiger partial charge in [-0.2, -0.15) is 10.2 Å². The Kier molecular flexibility index (Phi) is 9.15. The Morgan fingerprint density at radius 3 is 2.67 bits per heavy atom. The third-order valence-electron chi connectivity index (χ3n) is 8.80. The average molecular weight is 692 g/mol. The maximum atomic E-state index is 12.9. The van der Waals surface area contributed by atoms with Gasteiger partial charge in [-0.1, -0.05) is 36.2 Å². The maximum Gasteiger partial charge on any atom is 0.350 e. The molecular formula is C34H36Cl2N8O4. The Hall–Kier alpha value is -4.36. The van der Waals surface area contributed by atoms with E-state index in [0.717, 1.165) is 47.9 Å². The summed E-state index contributed by atoms with van der Waals surface area (Å²) in [6, 6.07) is 19.4. The van der Waals surface area contributed by atoms with Crippen molar-refractivity contribution < 1.29 is 14.2 Å². The van der Waals surface area contributed by atoms with Crippen LogP contribution in [0.25, 0.3) is 5.69 Å². The molecule has 1 N–H and O–H groups in total. The molecule has 0 bridgehead atoms. The van der Waals surface area contributed by atoms with E-state index in [1.165, 1.54) is 11.0 Å². The second-order valence-electron chi connectivity index (χ2n) is 12.0. The highest BCUT2D eigenvalue weighted by Gasteiger charge is 2.45. The van der Waals surface area contributed by atoms with Crippen molar-refractivity contribution >= 4 is 34.6 Å². The van der Waals surface area contributed by atoms with Crippen LogP contribution < -0.4 is 20.6 Å². The maximum absolute atomic E-state index is 12.9. The minimum absolute atomic E-state index is 0.0445. The standard InChI is InChI=1S/C34H36Cl2N8O4/c1-3-23(2)44-33(45)43(22-40-44)27-7-5-26(6-8-27)41-13-12-38-32-11-9-28(14-24(32)16-41)46-17-29-18-47-34(48-29,19-42-21-37-20-39-42)30-10-4-25(35)15-31(30)36/h4-11,14-15,20-23,29,38H,3,12-13,16-19H2,1-2H3/t23?,29-,34-/m1/s1. The molecule has 3 atom stereocenters. The van der Waals surface area contributed by atoms with E-state index in [9.17, 15) is 4.79 Å². The molecule has 0 radical (unpaired) electrons. The average Bonchev–Trinajstić information content (AvgIpc) is 3.81. The zero-order valence-electron chi connectivity index (χ0n) is 26.6. The summed E-state index contributed by atoms with van der Waals surface area (Å²) in [5.74, 6) is -0.452. The number of nitrogens with zero attached hydrogens (tertiary/aromatic N) is 7. The third-order valence-corrected chi connectivity index (χ3v) is 9.35. The SMILES string of the molecule is CCC(C)n1ncn(-c2ccc(N3CCNc4ccc(OC[C@@H]5CO[C@@](Cn6cncn6)(c6ccc(Cl)cc6Cl)O5)cc4C3)cc2)c1=O. The van der Waals surface area contributed by atoms with Crippen LogP contribution in [0.2, 0.25) is 10.0 Å². The topological polar surface area (TPSA) is 113 Å². The molecule has 1 unspecified atom stereocenters. The zero-order valence-corrected chi connectivity index (χ0v) is 28.1. The number of anilines is 2. The molecule has 14 heteroatoms. The number of aromatic nitrogens is 6. The fraction of sp³-hybridized carbons (Fsp3) is 0.353. The highest BCUT2D eigenvalue weighted by molar-refractivity contribution is 6.35. The summed E-state index contributed by atoms with van der Waals surface area (Å²) >= 11 is 12.8. The molecule has 48 heavy (non-hydrogen) atoms. The van der Waals surface area contributed by atoms with Gasteiger partial charge in [0.2, 0.25) is 5.79 Å². The number of hydrogen-bond acceptors (Lipinski definition) is 9. The second-order valence-corrected chi connectivity index (χ2v) is 12.8. The Bertz CT molecular complexity index is 1930. The lowest BCUT2D eigenvalue weighted by Crippen LogP contribution is -2.35. The van der Waals surface area contributed by atoms with Crippen molar-refractivity contribution in [3.05, 3.63) is 111 Å². The summed E-state index contributed by atoms with van der Waals surface area (Å²) in [5.41, 5.74) is 4.53. The Labute approximate surface area is 287 Å². The molecule has 2 aromatic heterocycles. The van der Waals surface area contributed by atoms with Gasteiger partial charge in [0.05, 0.1) is 23.4 Å². The van der Waals surface area contributed by atoms with Gasteiger partial charge in [-0.05, 0) is 73.5 Å². The van der Waals surface area contributed by atoms with Gasteiger partial charge in [-0.3, -0.25) is 0 Å². The van der Waals surface area contributed by atoms with E-state index in [-0.39, 0.29) is 31.0 Å². The van der Waals surface area contributed by atoms with Crippen molar-refractivity contribution in [2.45, 2.75) is 51.3 Å². The molecule has 3 aromatic carbocycles. The molecule has 2 aliphatic rings. The number of hydrogen-bond donors (Lipinski definition) is 1. The highest BCUT2D eigenvalue weighted by atomic mass is 35.5. The number of ether oxygens (including phenoxy) is 3. The van der Waals surface area contributed by atoms with Gasteiger partial charge in [0.15, 0.2) is 0 Å². The smallest absolute Gasteiger partial charge is 0.350 e. The first-order chi connectivity index (χ1) is 23.3. The highest BCUT2D eigenvalue weighted by Crippen LogP contribution is 2.40. The van der Waals surface area contributed by atoms with Gasteiger partial charge in [0.25, 0.3) is 0 Å². The largest absolute Gasteiger partial charge is 0.491 e. The van der Waals surface area contributed by atoms with Crippen LogP contribution in [0.3, 0.4) is 0 Å². The molecular weight excluding hydrogens is 655 g/mol. The van der Waals surface area contributed by atoms with E-state index in [2.05, 4.69) is 31.5 Å². The van der Waals surface area contributed by atoms with Crippen molar-refractivity contribution in [1.29, 1.82) is 0 Å². The van der Waals surface area contributed by atoms with Crippen LogP contribution in [0.4, 0.5) is 11.4 Å². The lowest BCUT2D eigenvalue weighted by Gasteiger charge is -2.29. The summed E-state index contributed by atoms with van der Waals surface area (Å²) in [7, 11) is 0. The van der Waals surface area contributed by atoms with Gasteiger partial charge in [0.1, 0.15) is 44.0 Å². The monoisotopic (exact) mass is 690 g/mol. The van der Waals surface area contributed by atoms with Gasteiger partial charge < -0.3 is 24.4 Å². The van der Waals surface area contributed by atoms with E-state index in [1.54, 1.807) is 34.0 Å². The van der Waals surface area contributed by atoms with E-state index < -0.39 is 5.79 Å². The zero-order chi connectivity index (χ0) is 33.3. The molecule has 2 aliphatic heterocycles. The van der Waals surface area contributed by atoms with Crippen molar-refractivity contribution in [1.82, 2.24) is 29.1 Å². The quantitative estimate of drug-likeness (QED) is 0.198. The summed E-state index contributed by atoms with van der Waals surface area (Å²) < 4.78 is 23.8. The minimum atomic E-state index is -1.18. The molecule has 1 fully saturated rings. The molecule has 0 saturated carbocycles. The predicted octanol–water partition coefficient (Wildman–Crippen LogP) is 5.68. The van der Waals surface area contributed by atoms with Crippen molar-refractivity contribution in [2.75, 3.05) is 36.5 Å². The molecule has 0 amide bonds. The van der Waals surface area contributed by atoms with Crippen LogP contribution in [0.5, 0.6) is 5.75 Å². The van der Waals surface area contributed by atoms with E-state index in [1.807, 2.05) is 56.3 Å². The predicted molar refractivity (Wildman–Crippen MR) is 183 cm³/mol. The lowest BCUT2D eigenvalue weighted by molar-refractivity contribution is -0.190. The van der Waals surface area contributed by atoms with Crippen molar-refractivity contribution in [3.63, 3.8) is 0 Å². The van der Waals surface area contributed by atoms with Crippen LogP contribution in [-0.4, -0.2) is 61.5 Å². The molecule has 12 nitrogen and oxygen atoms in total. The Morgan fingerprint density at radius 2 is 1.90 bits per heavy atom. The molecule has 4 heterocycles. The number of benzene rings is 3. The van der Waals surface area contributed by atoms with E-state index in [4.69, 9.17) is 37.4 Å². The Morgan fingerprint density at radius 1 is 1.06 bits per heavy atom. The van der Waals surface area contributed by atoms with Crippen molar-refractivity contribution in [2.24, 2.45) is 0 Å². The van der Waals surface area contributed by atoms with Crippen LogP contribution in [0.1, 0.15) is 37.4 Å². The summed E-state index contributed by atoms with van der Waals surface area (Å²) in [5, 5.41) is 13.0. The lowest BCUT2D eigenvalue weighted by atomic mass is 10.1. The number of halogens is 2. The van der Waals surface area contributed by atoms with E-state index in [0.29, 0.717) is 28.8 Å². The number of fused-ring (bicyclic) bond motifs is 1. The Balaban J connectivity index is 1.03. The fourth-order valence-corrected chi connectivity index (χ4v) is 6.61. The number of nitrogens with one attached hydrogen (secondary N) is 1. The number of rotatable bonds is 10. The molecule has 1 saturated heterocycles. The first kappa shape index (κ1) is 32.2. The van der Waals surface area contributed by atoms with E-state index >= 15 is 0 Å². The minimum Gasteiger partial charge on any atom is -0.491 e. The summed E-state index contributed by atoms with van der Waals surface area (Å²) in [6.07, 6.45) is 5.12. The van der Waals surface area contributed by atoms with Gasteiger partial charge in [-0.15, -0.1) is 0 Å². The summed E-state index contributed by atoms with van der Waals surface area (Å²) in [6.45, 7) is 7.14. The van der Waals surface area contributed by atoms with Gasteiger partial charge >= 0.3 is 5.69 Å². The first-order valence-corrected chi connectivity index (χ1v) is 16.7. The van der Waals surface area contributed by atoms with Crippen LogP contribution >= 0.6 is 23.2 Å². The fourth-order valence-electron chi connectivity index (χ4n) is 6.06. The molecule has 7 rings (SSSR count). The van der Waals surface area contributed by atoms with Crippen molar-refractivity contribution in [3.8, 4) is 11.4 Å². The molecule has 5 aromatic rings. The normalized spacial score (nSPS) is 19.8. The van der Waals surface area contributed by atoms with Crippen LogP contribution in [0, 0.1) is 0 Å². The first-order valence-electron chi connectivity index (χ1n) is 15.9. The summed E-state index contributed by atoms with van der Waals surface area (Å²) in [4.78, 5) is 19.3. The van der Waals surface area contributed by atoms with Crippen LogP contribution in [0.15, 0.2) is 84.4 Å².